The molecule has 1 aromatic rings. The summed E-state index contributed by atoms with van der Waals surface area (Å²) < 4.78 is 0. The molecular weight excluding hydrogens is 188 g/mol. The average Bonchev–Trinajstić information content (AvgIpc) is 2.46. The number of aryl methyl sites for hydroxylation is 1. The largest absolute Gasteiger partial charge is 0.395 e. The van der Waals surface area contributed by atoms with Crippen molar-refractivity contribution in [1.82, 2.24) is 15.2 Å². The molecule has 0 aromatic carbocycles. The van der Waals surface area contributed by atoms with Gasteiger partial charge in [0.15, 0.2) is 0 Å². The molecule has 13 heavy (non-hydrogen) atoms. The Kier molecular flexibility index (Phi) is 3.71. The van der Waals surface area contributed by atoms with Gasteiger partial charge in [-0.1, -0.05) is 11.8 Å². The Labute approximate surface area is 81.1 Å². The zero-order chi connectivity index (χ0) is 9.84. The Morgan fingerprint density at radius 1 is 1.69 bits per heavy atom. The molecule has 5 nitrogen and oxygen atoms in total. The highest BCUT2D eigenvalue weighted by Crippen LogP contribution is 2.20. The number of hydrogen-bond donors (Lipinski definition) is 3. The monoisotopic (exact) mass is 202 g/mol. The molecule has 6 heteroatoms. The highest BCUT2D eigenvalue weighted by atomic mass is 32.2. The van der Waals surface area contributed by atoms with Gasteiger partial charge in [-0.2, -0.15) is 0 Å². The Bertz CT molecular complexity index is 263. The molecular formula is C7H14N4OS. The second-order valence-corrected chi connectivity index (χ2v) is 4.11. The molecule has 0 spiro atoms. The van der Waals surface area contributed by atoms with Gasteiger partial charge in [-0.15, -0.1) is 5.10 Å². The van der Waals surface area contributed by atoms with Gasteiger partial charge in [-0.25, -0.2) is 4.98 Å². The van der Waals surface area contributed by atoms with Gasteiger partial charge in [-0.05, 0) is 13.8 Å². The number of nitrogens with two attached hydrogens (primary N) is 1. The number of H-pyrrole nitrogens is 1. The van der Waals surface area contributed by atoms with Gasteiger partial charge in [0.2, 0.25) is 5.16 Å². The Morgan fingerprint density at radius 3 is 2.77 bits per heavy atom. The zero-order valence-electron chi connectivity index (χ0n) is 7.69. The first-order valence-corrected chi connectivity index (χ1v) is 4.93. The minimum Gasteiger partial charge on any atom is -0.395 e. The van der Waals surface area contributed by atoms with Crippen molar-refractivity contribution in [2.75, 3.05) is 6.61 Å². The summed E-state index contributed by atoms with van der Waals surface area (Å²) in [6, 6.07) is -0.0752. The quantitative estimate of drug-likeness (QED) is 0.594. The molecule has 1 aromatic heterocycles. The van der Waals surface area contributed by atoms with E-state index < -0.39 is 0 Å². The molecule has 74 valence electrons. The summed E-state index contributed by atoms with van der Waals surface area (Å²) in [4.78, 5) is 4.11. The summed E-state index contributed by atoms with van der Waals surface area (Å²) in [7, 11) is 0. The topological polar surface area (TPSA) is 87.8 Å². The minimum atomic E-state index is -0.0752. The van der Waals surface area contributed by atoms with Crippen molar-refractivity contribution in [3.8, 4) is 0 Å². The van der Waals surface area contributed by atoms with E-state index in [1.807, 2.05) is 13.8 Å². The lowest BCUT2D eigenvalue weighted by Crippen LogP contribution is -2.31. The van der Waals surface area contributed by atoms with Gasteiger partial charge < -0.3 is 10.8 Å². The van der Waals surface area contributed by atoms with Crippen molar-refractivity contribution in [2.45, 2.75) is 30.3 Å². The number of thioether (sulfide) groups is 1. The number of aromatic nitrogens is 3. The number of nitrogens with zero attached hydrogens (tertiary/aromatic N) is 2. The summed E-state index contributed by atoms with van der Waals surface area (Å²) in [5, 5.41) is 16.3. The number of hydrogen-bond acceptors (Lipinski definition) is 5. The Hall–Kier alpha value is -0.590. The maximum Gasteiger partial charge on any atom is 0.208 e. The lowest BCUT2D eigenvalue weighted by Gasteiger charge is -2.14. The van der Waals surface area contributed by atoms with Gasteiger partial charge in [-0.3, -0.25) is 5.10 Å². The first-order chi connectivity index (χ1) is 6.13. The second kappa shape index (κ2) is 4.59. The van der Waals surface area contributed by atoms with Gasteiger partial charge in [0.25, 0.3) is 0 Å². The zero-order valence-corrected chi connectivity index (χ0v) is 8.51. The van der Waals surface area contributed by atoms with Crippen molar-refractivity contribution in [3.05, 3.63) is 5.82 Å². The fourth-order valence-electron chi connectivity index (χ4n) is 0.821. The maximum absolute atomic E-state index is 9.00. The maximum atomic E-state index is 9.00. The third-order valence-corrected chi connectivity index (χ3v) is 2.87. The summed E-state index contributed by atoms with van der Waals surface area (Å²) in [5.74, 6) is 0.767. The lowest BCUT2D eigenvalue weighted by molar-refractivity contribution is 0.285. The molecule has 1 heterocycles. The van der Waals surface area contributed by atoms with Crippen molar-refractivity contribution in [1.29, 1.82) is 0 Å². The highest BCUT2D eigenvalue weighted by Gasteiger charge is 2.16. The van der Waals surface area contributed by atoms with Gasteiger partial charge in [0, 0.05) is 6.04 Å². The van der Waals surface area contributed by atoms with Crippen LogP contribution >= 0.6 is 11.8 Å². The van der Waals surface area contributed by atoms with Crippen LogP contribution in [0.15, 0.2) is 5.16 Å². The predicted molar refractivity (Wildman–Crippen MR) is 51.5 cm³/mol. The molecule has 0 saturated heterocycles. The highest BCUT2D eigenvalue weighted by molar-refractivity contribution is 7.99. The van der Waals surface area contributed by atoms with Crippen LogP contribution in [-0.4, -0.2) is 38.2 Å². The minimum absolute atomic E-state index is 0.0376. The molecule has 4 N–H and O–H groups in total. The average molecular weight is 202 g/mol. The van der Waals surface area contributed by atoms with E-state index in [2.05, 4.69) is 15.2 Å². The first-order valence-electron chi connectivity index (χ1n) is 4.05. The first kappa shape index (κ1) is 10.5. The third-order valence-electron chi connectivity index (χ3n) is 1.60. The van der Waals surface area contributed by atoms with Crippen LogP contribution in [0.4, 0.5) is 0 Å². The number of aliphatic hydroxyl groups excluding tert-OH is 1. The van der Waals surface area contributed by atoms with Crippen molar-refractivity contribution in [3.63, 3.8) is 0 Å². The standard InChI is InChI=1S/C7H14N4OS/c1-4(8)6(3-12)13-7-9-5(2)10-11-7/h4,6,12H,3,8H2,1-2H3,(H,9,10,11). The smallest absolute Gasteiger partial charge is 0.208 e. The molecule has 0 bridgehead atoms. The van der Waals surface area contributed by atoms with E-state index in [4.69, 9.17) is 10.8 Å². The molecule has 0 saturated carbocycles. The molecule has 0 aliphatic heterocycles. The van der Waals surface area contributed by atoms with Crippen LogP contribution < -0.4 is 5.73 Å². The second-order valence-electron chi connectivity index (χ2n) is 2.90. The Morgan fingerprint density at radius 2 is 2.38 bits per heavy atom. The summed E-state index contributed by atoms with van der Waals surface area (Å²) in [6.45, 7) is 3.72. The Balaban J connectivity index is 2.56. The molecule has 2 atom stereocenters. The number of rotatable bonds is 4. The van der Waals surface area contributed by atoms with Crippen LogP contribution in [0, 0.1) is 6.92 Å². The molecule has 1 rings (SSSR count). The van der Waals surface area contributed by atoms with Crippen LogP contribution in [-0.2, 0) is 0 Å². The van der Waals surface area contributed by atoms with E-state index in [0.29, 0.717) is 5.16 Å². The van der Waals surface area contributed by atoms with Gasteiger partial charge in [0.1, 0.15) is 5.82 Å². The van der Waals surface area contributed by atoms with Crippen LogP contribution in [0.2, 0.25) is 0 Å². The number of aromatic amines is 1. The van der Waals surface area contributed by atoms with Crippen LogP contribution in [0.5, 0.6) is 0 Å². The molecule has 2 unspecified atom stereocenters. The van der Waals surface area contributed by atoms with Crippen molar-refractivity contribution < 1.29 is 5.11 Å². The summed E-state index contributed by atoms with van der Waals surface area (Å²) in [5.41, 5.74) is 5.66. The van der Waals surface area contributed by atoms with E-state index in [1.54, 1.807) is 0 Å². The van der Waals surface area contributed by atoms with Crippen LogP contribution in [0.25, 0.3) is 0 Å². The van der Waals surface area contributed by atoms with Crippen LogP contribution in [0.1, 0.15) is 12.7 Å². The molecule has 0 amide bonds. The molecule has 0 aliphatic carbocycles. The van der Waals surface area contributed by atoms with E-state index in [0.717, 1.165) is 5.82 Å². The fraction of sp³-hybridized carbons (Fsp3) is 0.714. The molecule has 0 aliphatic rings. The molecule has 0 radical (unpaired) electrons. The summed E-state index contributed by atoms with van der Waals surface area (Å²) in [6.07, 6.45) is 0. The van der Waals surface area contributed by atoms with E-state index in [9.17, 15) is 0 Å². The fourth-order valence-corrected chi connectivity index (χ4v) is 1.67. The van der Waals surface area contributed by atoms with E-state index in [1.165, 1.54) is 11.8 Å². The van der Waals surface area contributed by atoms with E-state index >= 15 is 0 Å². The SMILES string of the molecule is Cc1nc(SC(CO)C(C)N)n[nH]1. The lowest BCUT2D eigenvalue weighted by atomic mass is 10.3. The van der Waals surface area contributed by atoms with Crippen molar-refractivity contribution in [2.24, 2.45) is 5.73 Å². The number of aliphatic hydroxyl groups is 1. The number of nitrogens with one attached hydrogen (secondary N) is 1. The predicted octanol–water partition coefficient (Wildman–Crippen LogP) is -0.0867. The molecule has 0 fully saturated rings. The normalized spacial score (nSPS) is 15.7. The summed E-state index contributed by atoms with van der Waals surface area (Å²) >= 11 is 1.39. The van der Waals surface area contributed by atoms with Crippen LogP contribution in [0.3, 0.4) is 0 Å². The van der Waals surface area contributed by atoms with Crippen molar-refractivity contribution >= 4 is 11.8 Å². The third kappa shape index (κ3) is 2.98. The van der Waals surface area contributed by atoms with E-state index in [-0.39, 0.29) is 17.9 Å². The van der Waals surface area contributed by atoms with Gasteiger partial charge >= 0.3 is 0 Å². The van der Waals surface area contributed by atoms with Gasteiger partial charge in [0.05, 0.1) is 11.9 Å².